The van der Waals surface area contributed by atoms with E-state index in [4.69, 9.17) is 16.6 Å². The summed E-state index contributed by atoms with van der Waals surface area (Å²) in [6, 6.07) is 0. The lowest BCUT2D eigenvalue weighted by Gasteiger charge is -2.18. The van der Waals surface area contributed by atoms with Gasteiger partial charge in [0.1, 0.15) is 0 Å². The molecule has 2 aliphatic carbocycles. The van der Waals surface area contributed by atoms with Gasteiger partial charge in [-0.05, 0) is 56.1 Å². The normalized spacial score (nSPS) is 19.2. The minimum atomic E-state index is 1.06. The van der Waals surface area contributed by atoms with Crippen molar-refractivity contribution in [3.8, 4) is 0 Å². The van der Waals surface area contributed by atoms with Gasteiger partial charge in [-0.15, -0.1) is 0 Å². The first-order chi connectivity index (χ1) is 6.86. The second-order valence-electron chi connectivity index (χ2n) is 4.34. The van der Waals surface area contributed by atoms with E-state index in [9.17, 15) is 0 Å². The molecule has 1 heterocycles. The maximum absolute atomic E-state index is 6.43. The summed E-state index contributed by atoms with van der Waals surface area (Å²) in [7, 11) is 0. The third kappa shape index (κ3) is 1.18. The van der Waals surface area contributed by atoms with E-state index < -0.39 is 0 Å². The van der Waals surface area contributed by atoms with Gasteiger partial charge in [-0.2, -0.15) is 0 Å². The summed E-state index contributed by atoms with van der Waals surface area (Å²) in [5, 5.41) is 1.06. The fraction of sp³-hybridized carbons (Fsp3) is 0.583. The third-order valence-electron chi connectivity index (χ3n) is 3.43. The summed E-state index contributed by atoms with van der Waals surface area (Å²) >= 11 is 6.43. The highest BCUT2D eigenvalue weighted by Gasteiger charge is 2.22. The Morgan fingerprint density at radius 2 is 1.36 bits per heavy atom. The number of aryl methyl sites for hydroxylation is 2. The summed E-state index contributed by atoms with van der Waals surface area (Å²) in [6.45, 7) is 0. The fourth-order valence-electron chi connectivity index (χ4n) is 2.68. The molecule has 0 atom stereocenters. The Bertz CT molecular complexity index is 384. The SMILES string of the molecule is Clc1c2c(nc3c1CCC3)CCCC2. The molecule has 0 bridgehead atoms. The number of aromatic nitrogens is 1. The van der Waals surface area contributed by atoms with Crippen LogP contribution < -0.4 is 0 Å². The van der Waals surface area contributed by atoms with Crippen LogP contribution in [0.25, 0.3) is 0 Å². The van der Waals surface area contributed by atoms with E-state index in [0.29, 0.717) is 0 Å². The molecule has 1 nitrogen and oxygen atoms in total. The molecule has 74 valence electrons. The molecule has 0 radical (unpaired) electrons. The maximum Gasteiger partial charge on any atom is 0.0506 e. The third-order valence-corrected chi connectivity index (χ3v) is 3.88. The summed E-state index contributed by atoms with van der Waals surface area (Å²) in [6.07, 6.45) is 8.39. The van der Waals surface area contributed by atoms with Gasteiger partial charge in [-0.1, -0.05) is 11.6 Å². The molecule has 0 aromatic carbocycles. The number of pyridine rings is 1. The molecule has 0 saturated carbocycles. The van der Waals surface area contributed by atoms with Gasteiger partial charge in [0, 0.05) is 11.4 Å². The Morgan fingerprint density at radius 1 is 0.786 bits per heavy atom. The van der Waals surface area contributed by atoms with Gasteiger partial charge in [0.2, 0.25) is 0 Å². The van der Waals surface area contributed by atoms with Gasteiger partial charge in [0.05, 0.1) is 5.02 Å². The predicted octanol–water partition coefficient (Wildman–Crippen LogP) is 3.10. The Kier molecular flexibility index (Phi) is 2.01. The standard InChI is InChI=1S/C12H14ClN/c13-12-8-4-1-2-6-10(8)14-11-7-3-5-9(11)12/h1-7H2. The molecular weight excluding hydrogens is 194 g/mol. The highest BCUT2D eigenvalue weighted by Crippen LogP contribution is 2.35. The molecule has 14 heavy (non-hydrogen) atoms. The Morgan fingerprint density at radius 3 is 2.14 bits per heavy atom. The topological polar surface area (TPSA) is 12.9 Å². The van der Waals surface area contributed by atoms with Crippen molar-refractivity contribution in [1.82, 2.24) is 4.98 Å². The summed E-state index contributed by atoms with van der Waals surface area (Å²) in [5.74, 6) is 0. The van der Waals surface area contributed by atoms with Crippen LogP contribution in [0.5, 0.6) is 0 Å². The number of hydrogen-bond acceptors (Lipinski definition) is 1. The molecule has 0 aliphatic heterocycles. The van der Waals surface area contributed by atoms with Crippen LogP contribution in [0, 0.1) is 0 Å². The van der Waals surface area contributed by atoms with Crippen LogP contribution in [0.1, 0.15) is 41.8 Å². The number of rotatable bonds is 0. The van der Waals surface area contributed by atoms with Gasteiger partial charge >= 0.3 is 0 Å². The van der Waals surface area contributed by atoms with Crippen LogP contribution in [0.3, 0.4) is 0 Å². The monoisotopic (exact) mass is 207 g/mol. The van der Waals surface area contributed by atoms with E-state index in [1.165, 1.54) is 41.8 Å². The summed E-state index contributed by atoms with van der Waals surface area (Å²) < 4.78 is 0. The molecule has 2 heteroatoms. The van der Waals surface area contributed by atoms with Gasteiger partial charge < -0.3 is 0 Å². The van der Waals surface area contributed by atoms with Crippen molar-refractivity contribution in [1.29, 1.82) is 0 Å². The Labute approximate surface area is 89.5 Å². The molecule has 0 fully saturated rings. The van der Waals surface area contributed by atoms with E-state index in [-0.39, 0.29) is 0 Å². The van der Waals surface area contributed by atoms with E-state index in [0.717, 1.165) is 30.7 Å². The minimum absolute atomic E-state index is 1.06. The van der Waals surface area contributed by atoms with Crippen LogP contribution in [0.4, 0.5) is 0 Å². The van der Waals surface area contributed by atoms with Crippen LogP contribution in [0.15, 0.2) is 0 Å². The molecule has 0 N–H and O–H groups in total. The smallest absolute Gasteiger partial charge is 0.0506 e. The van der Waals surface area contributed by atoms with Crippen LogP contribution >= 0.6 is 11.6 Å². The zero-order valence-electron chi connectivity index (χ0n) is 8.27. The first kappa shape index (κ1) is 8.72. The number of fused-ring (bicyclic) bond motifs is 2. The summed E-state index contributed by atoms with van der Waals surface area (Å²) in [4.78, 5) is 4.77. The lowest BCUT2D eigenvalue weighted by molar-refractivity contribution is 0.664. The van der Waals surface area contributed by atoms with Crippen molar-refractivity contribution in [3.63, 3.8) is 0 Å². The van der Waals surface area contributed by atoms with Gasteiger partial charge in [0.25, 0.3) is 0 Å². The van der Waals surface area contributed by atoms with Crippen LogP contribution in [0.2, 0.25) is 5.02 Å². The molecule has 2 aliphatic rings. The van der Waals surface area contributed by atoms with E-state index >= 15 is 0 Å². The molecule has 0 saturated heterocycles. The molecule has 1 aromatic heterocycles. The zero-order valence-corrected chi connectivity index (χ0v) is 9.03. The van der Waals surface area contributed by atoms with Crippen molar-refractivity contribution >= 4 is 11.6 Å². The first-order valence-electron chi connectivity index (χ1n) is 5.55. The van der Waals surface area contributed by atoms with Gasteiger partial charge in [-0.25, -0.2) is 0 Å². The molecule has 0 amide bonds. The van der Waals surface area contributed by atoms with Crippen molar-refractivity contribution in [2.75, 3.05) is 0 Å². The largest absolute Gasteiger partial charge is 0.257 e. The van der Waals surface area contributed by atoms with E-state index in [1.54, 1.807) is 0 Å². The van der Waals surface area contributed by atoms with Gasteiger partial charge in [0.15, 0.2) is 0 Å². The average Bonchev–Trinajstić information content (AvgIpc) is 2.66. The fourth-order valence-corrected chi connectivity index (χ4v) is 3.09. The van der Waals surface area contributed by atoms with E-state index in [1.807, 2.05) is 0 Å². The second-order valence-corrected chi connectivity index (χ2v) is 4.71. The minimum Gasteiger partial charge on any atom is -0.257 e. The molecule has 3 rings (SSSR count). The quantitative estimate of drug-likeness (QED) is 0.637. The second kappa shape index (κ2) is 3.23. The highest BCUT2D eigenvalue weighted by molar-refractivity contribution is 6.32. The van der Waals surface area contributed by atoms with E-state index in [2.05, 4.69) is 0 Å². The van der Waals surface area contributed by atoms with Crippen molar-refractivity contribution in [2.45, 2.75) is 44.9 Å². The lowest BCUT2D eigenvalue weighted by Crippen LogP contribution is -2.09. The molecule has 0 unspecified atom stereocenters. The number of hydrogen-bond donors (Lipinski definition) is 0. The molecule has 1 aromatic rings. The maximum atomic E-state index is 6.43. The predicted molar refractivity (Wildman–Crippen MR) is 57.9 cm³/mol. The lowest BCUT2D eigenvalue weighted by atomic mass is 9.94. The van der Waals surface area contributed by atoms with Crippen molar-refractivity contribution in [2.24, 2.45) is 0 Å². The Hall–Kier alpha value is -0.560. The molecular formula is C12H14ClN. The number of nitrogens with zero attached hydrogens (tertiary/aromatic N) is 1. The Balaban J connectivity index is 2.20. The highest BCUT2D eigenvalue weighted by atomic mass is 35.5. The molecule has 0 spiro atoms. The van der Waals surface area contributed by atoms with Crippen LogP contribution in [-0.2, 0) is 25.7 Å². The summed E-state index contributed by atoms with van der Waals surface area (Å²) in [5.41, 5.74) is 5.29. The average molecular weight is 208 g/mol. The number of halogens is 1. The van der Waals surface area contributed by atoms with Crippen molar-refractivity contribution in [3.05, 3.63) is 27.5 Å². The van der Waals surface area contributed by atoms with Gasteiger partial charge in [-0.3, -0.25) is 4.98 Å². The van der Waals surface area contributed by atoms with Crippen LogP contribution in [-0.4, -0.2) is 4.98 Å². The zero-order chi connectivity index (χ0) is 9.54. The van der Waals surface area contributed by atoms with Crippen molar-refractivity contribution < 1.29 is 0 Å². The first-order valence-corrected chi connectivity index (χ1v) is 5.93.